The lowest BCUT2D eigenvalue weighted by molar-refractivity contribution is -0.116. The van der Waals surface area contributed by atoms with Crippen LogP contribution in [0.4, 0.5) is 0 Å². The first kappa shape index (κ1) is 11.0. The van der Waals surface area contributed by atoms with Crippen molar-refractivity contribution in [2.45, 2.75) is 33.1 Å². The molecule has 2 nitrogen and oxygen atoms in total. The summed E-state index contributed by atoms with van der Waals surface area (Å²) in [5.41, 5.74) is 1.05. The van der Waals surface area contributed by atoms with E-state index < -0.39 is 0 Å². The van der Waals surface area contributed by atoms with Crippen molar-refractivity contribution in [3.8, 4) is 0 Å². The van der Waals surface area contributed by atoms with Gasteiger partial charge in [-0.25, -0.2) is 0 Å². The maximum atomic E-state index is 11.3. The van der Waals surface area contributed by atoms with E-state index in [2.05, 4.69) is 17.5 Å². The molecule has 1 unspecified atom stereocenters. The number of amides is 1. The first-order valence-corrected chi connectivity index (χ1v) is 5.26. The van der Waals surface area contributed by atoms with E-state index in [1.807, 2.05) is 13.8 Å². The Morgan fingerprint density at radius 2 is 2.29 bits per heavy atom. The summed E-state index contributed by atoms with van der Waals surface area (Å²) in [5, 5.41) is 2.93. The summed E-state index contributed by atoms with van der Waals surface area (Å²) in [7, 11) is 0. The zero-order valence-corrected chi connectivity index (χ0v) is 9.05. The van der Waals surface area contributed by atoms with Gasteiger partial charge in [-0.3, -0.25) is 4.79 Å². The monoisotopic (exact) mass is 193 g/mol. The quantitative estimate of drug-likeness (QED) is 0.541. The third kappa shape index (κ3) is 4.26. The molecule has 14 heavy (non-hydrogen) atoms. The molecular formula is C12H19NO. The van der Waals surface area contributed by atoms with Gasteiger partial charge >= 0.3 is 0 Å². The van der Waals surface area contributed by atoms with Crippen molar-refractivity contribution in [3.63, 3.8) is 0 Å². The minimum atomic E-state index is 0.0413. The Hall–Kier alpha value is -1.05. The Kier molecular flexibility index (Phi) is 4.44. The van der Waals surface area contributed by atoms with Crippen molar-refractivity contribution in [1.82, 2.24) is 5.32 Å². The highest BCUT2D eigenvalue weighted by Crippen LogP contribution is 2.16. The smallest absolute Gasteiger partial charge is 0.243 e. The van der Waals surface area contributed by atoms with Crippen molar-refractivity contribution in [2.24, 2.45) is 5.92 Å². The zero-order valence-electron chi connectivity index (χ0n) is 9.05. The summed E-state index contributed by atoms with van der Waals surface area (Å²) < 4.78 is 0. The second kappa shape index (κ2) is 5.63. The molecular weight excluding hydrogens is 174 g/mol. The average Bonchev–Trinajstić information content (AvgIpc) is 2.15. The van der Waals surface area contributed by atoms with Crippen LogP contribution in [0, 0.1) is 5.92 Å². The highest BCUT2D eigenvalue weighted by Gasteiger charge is 2.09. The van der Waals surface area contributed by atoms with Crippen molar-refractivity contribution < 1.29 is 4.79 Å². The van der Waals surface area contributed by atoms with Crippen LogP contribution in [0.5, 0.6) is 0 Å². The third-order valence-corrected chi connectivity index (χ3v) is 2.36. The normalized spacial score (nSPS) is 20.3. The molecule has 0 aliphatic heterocycles. The lowest BCUT2D eigenvalue weighted by Gasteiger charge is -2.17. The first-order chi connectivity index (χ1) is 6.68. The molecule has 1 aliphatic rings. The standard InChI is InChI=1S/C12H19NO/c1-10(2)8-12(14)13-9-11-6-4-3-5-7-11/h3-4,8,11H,5-7,9H2,1-2H3,(H,13,14). The number of carbonyl (C=O) groups excluding carboxylic acids is 1. The van der Waals surface area contributed by atoms with E-state index in [1.165, 1.54) is 6.42 Å². The molecule has 0 saturated carbocycles. The molecule has 1 N–H and O–H groups in total. The molecule has 0 aromatic heterocycles. The summed E-state index contributed by atoms with van der Waals surface area (Å²) in [6.07, 6.45) is 9.54. The average molecular weight is 193 g/mol. The summed E-state index contributed by atoms with van der Waals surface area (Å²) in [6.45, 7) is 4.68. The summed E-state index contributed by atoms with van der Waals surface area (Å²) >= 11 is 0. The number of carbonyl (C=O) groups is 1. The summed E-state index contributed by atoms with van der Waals surface area (Å²) in [4.78, 5) is 11.3. The van der Waals surface area contributed by atoms with E-state index in [1.54, 1.807) is 6.08 Å². The molecule has 0 saturated heterocycles. The van der Waals surface area contributed by atoms with Crippen LogP contribution < -0.4 is 5.32 Å². The van der Waals surface area contributed by atoms with Crippen molar-refractivity contribution >= 4 is 5.91 Å². The van der Waals surface area contributed by atoms with Crippen LogP contribution in [0.1, 0.15) is 33.1 Å². The lowest BCUT2D eigenvalue weighted by Crippen LogP contribution is -2.28. The van der Waals surface area contributed by atoms with Crippen LogP contribution in [-0.4, -0.2) is 12.5 Å². The van der Waals surface area contributed by atoms with Crippen LogP contribution in [0.25, 0.3) is 0 Å². The Morgan fingerprint density at radius 3 is 2.86 bits per heavy atom. The Balaban J connectivity index is 2.23. The number of hydrogen-bond donors (Lipinski definition) is 1. The Bertz CT molecular complexity index is 249. The number of hydrogen-bond acceptors (Lipinski definition) is 1. The van der Waals surface area contributed by atoms with E-state index in [0.717, 1.165) is 25.0 Å². The predicted molar refractivity (Wildman–Crippen MR) is 58.9 cm³/mol. The van der Waals surface area contributed by atoms with Gasteiger partial charge in [-0.05, 0) is 39.0 Å². The molecule has 0 aromatic rings. The van der Waals surface area contributed by atoms with Gasteiger partial charge in [-0.1, -0.05) is 17.7 Å². The van der Waals surface area contributed by atoms with Gasteiger partial charge in [0.05, 0.1) is 0 Å². The molecule has 1 rings (SSSR count). The Labute approximate surface area is 86.1 Å². The molecule has 0 radical (unpaired) electrons. The maximum absolute atomic E-state index is 11.3. The maximum Gasteiger partial charge on any atom is 0.243 e. The van der Waals surface area contributed by atoms with E-state index in [4.69, 9.17) is 0 Å². The van der Waals surface area contributed by atoms with Gasteiger partial charge < -0.3 is 5.32 Å². The fourth-order valence-electron chi connectivity index (χ4n) is 1.60. The topological polar surface area (TPSA) is 29.1 Å². The van der Waals surface area contributed by atoms with E-state index in [-0.39, 0.29) is 5.91 Å². The Morgan fingerprint density at radius 1 is 1.50 bits per heavy atom. The highest BCUT2D eigenvalue weighted by molar-refractivity contribution is 5.87. The van der Waals surface area contributed by atoms with Crippen molar-refractivity contribution in [1.29, 1.82) is 0 Å². The lowest BCUT2D eigenvalue weighted by atomic mass is 9.94. The molecule has 0 heterocycles. The van der Waals surface area contributed by atoms with Crippen LogP contribution in [-0.2, 0) is 4.79 Å². The third-order valence-electron chi connectivity index (χ3n) is 2.36. The van der Waals surface area contributed by atoms with Crippen LogP contribution in [0.15, 0.2) is 23.8 Å². The first-order valence-electron chi connectivity index (χ1n) is 5.26. The van der Waals surface area contributed by atoms with Gasteiger partial charge in [0.1, 0.15) is 0 Å². The number of allylic oxidation sites excluding steroid dienone is 3. The molecule has 2 heteroatoms. The molecule has 0 spiro atoms. The summed E-state index contributed by atoms with van der Waals surface area (Å²) in [6, 6.07) is 0. The van der Waals surface area contributed by atoms with E-state index in [9.17, 15) is 4.79 Å². The van der Waals surface area contributed by atoms with Crippen LogP contribution in [0.3, 0.4) is 0 Å². The predicted octanol–water partition coefficient (Wildman–Crippen LogP) is 2.43. The highest BCUT2D eigenvalue weighted by atomic mass is 16.1. The molecule has 0 fully saturated rings. The fourth-order valence-corrected chi connectivity index (χ4v) is 1.60. The van der Waals surface area contributed by atoms with Crippen molar-refractivity contribution in [2.75, 3.05) is 6.54 Å². The zero-order chi connectivity index (χ0) is 10.4. The van der Waals surface area contributed by atoms with Crippen LogP contribution in [0.2, 0.25) is 0 Å². The van der Waals surface area contributed by atoms with Gasteiger partial charge in [-0.2, -0.15) is 0 Å². The minimum absolute atomic E-state index is 0.0413. The number of nitrogens with one attached hydrogen (secondary N) is 1. The van der Waals surface area contributed by atoms with Gasteiger partial charge in [0, 0.05) is 12.6 Å². The molecule has 1 atom stereocenters. The van der Waals surface area contributed by atoms with Gasteiger partial charge in [-0.15, -0.1) is 0 Å². The molecule has 0 bridgehead atoms. The molecule has 78 valence electrons. The molecule has 0 aromatic carbocycles. The van der Waals surface area contributed by atoms with E-state index >= 15 is 0 Å². The van der Waals surface area contributed by atoms with Gasteiger partial charge in [0.25, 0.3) is 0 Å². The minimum Gasteiger partial charge on any atom is -0.352 e. The SMILES string of the molecule is CC(C)=CC(=O)NCC1CC=CCC1. The molecule has 1 aliphatic carbocycles. The van der Waals surface area contributed by atoms with E-state index in [0.29, 0.717) is 5.92 Å². The largest absolute Gasteiger partial charge is 0.352 e. The second-order valence-electron chi connectivity index (χ2n) is 4.12. The fraction of sp³-hybridized carbons (Fsp3) is 0.583. The van der Waals surface area contributed by atoms with Gasteiger partial charge in [0.15, 0.2) is 0 Å². The van der Waals surface area contributed by atoms with Crippen molar-refractivity contribution in [3.05, 3.63) is 23.8 Å². The second-order valence-corrected chi connectivity index (χ2v) is 4.12. The number of rotatable bonds is 3. The van der Waals surface area contributed by atoms with Crippen LogP contribution >= 0.6 is 0 Å². The molecule has 1 amide bonds. The summed E-state index contributed by atoms with van der Waals surface area (Å²) in [5.74, 6) is 0.675. The van der Waals surface area contributed by atoms with Gasteiger partial charge in [0.2, 0.25) is 5.91 Å².